The predicted octanol–water partition coefficient (Wildman–Crippen LogP) is 2.72. The van der Waals surface area contributed by atoms with Crippen LogP contribution in [0, 0.1) is 13.8 Å². The van der Waals surface area contributed by atoms with E-state index in [1.807, 2.05) is 0 Å². The van der Waals surface area contributed by atoms with Crippen molar-refractivity contribution in [1.82, 2.24) is 4.90 Å². The minimum Gasteiger partial charge on any atom is -0.469 e. The molecule has 118 valence electrons. The van der Waals surface area contributed by atoms with E-state index in [9.17, 15) is 4.79 Å². The summed E-state index contributed by atoms with van der Waals surface area (Å²) in [6, 6.07) is 8.43. The molecule has 0 aromatic heterocycles. The number of ether oxygens (including phenoxy) is 2. The summed E-state index contributed by atoms with van der Waals surface area (Å²) >= 11 is 0. The molecule has 0 spiro atoms. The smallest absolute Gasteiger partial charge is 0.302 e. The Morgan fingerprint density at radius 2 is 1.71 bits per heavy atom. The second-order valence-electron chi connectivity index (χ2n) is 4.40. The van der Waals surface area contributed by atoms with Crippen LogP contribution in [-0.2, 0) is 20.8 Å². The van der Waals surface area contributed by atoms with Crippen molar-refractivity contribution in [1.29, 1.82) is 0 Å². The molecule has 21 heavy (non-hydrogen) atoms. The SMILES string of the molecule is COC(C)=O.[CH2]C.[CH2]c1ccc(CN2CCOCC2)cc1. The van der Waals surface area contributed by atoms with Gasteiger partial charge in [-0.25, -0.2) is 0 Å². The first-order valence-electron chi connectivity index (χ1n) is 7.08. The fraction of sp³-hybridized carbons (Fsp3) is 0.471. The van der Waals surface area contributed by atoms with Crippen LogP contribution in [0.25, 0.3) is 0 Å². The van der Waals surface area contributed by atoms with Crippen LogP contribution in [0.15, 0.2) is 24.3 Å². The third kappa shape index (κ3) is 10.0. The molecular formula is C17H27NO3. The van der Waals surface area contributed by atoms with E-state index in [0.29, 0.717) is 0 Å². The van der Waals surface area contributed by atoms with Gasteiger partial charge in [0.15, 0.2) is 0 Å². The van der Waals surface area contributed by atoms with Crippen molar-refractivity contribution >= 4 is 5.97 Å². The van der Waals surface area contributed by atoms with Crippen LogP contribution in [-0.4, -0.2) is 44.3 Å². The van der Waals surface area contributed by atoms with Crippen LogP contribution in [0.1, 0.15) is 25.0 Å². The lowest BCUT2D eigenvalue weighted by Crippen LogP contribution is -2.35. The highest BCUT2D eigenvalue weighted by Crippen LogP contribution is 2.08. The standard InChI is InChI=1S/C12H16NO.C3H6O2.C2H5/c1-11-2-4-12(5-3-11)10-13-6-8-14-9-7-13;1-3(4)5-2;1-2/h2-5H,1,6-10H2;1-2H3;1H2,2H3. The molecule has 1 aromatic rings. The number of carbonyl (C=O) groups excluding carboxylic acids is 1. The maximum absolute atomic E-state index is 9.59. The van der Waals surface area contributed by atoms with E-state index in [-0.39, 0.29) is 5.97 Å². The number of hydrogen-bond acceptors (Lipinski definition) is 4. The highest BCUT2D eigenvalue weighted by Gasteiger charge is 2.09. The summed E-state index contributed by atoms with van der Waals surface area (Å²) in [5.74, 6) is -0.245. The van der Waals surface area contributed by atoms with Crippen LogP contribution in [0.5, 0.6) is 0 Å². The number of methoxy groups -OCH3 is 1. The third-order valence-electron chi connectivity index (χ3n) is 2.82. The fourth-order valence-electron chi connectivity index (χ4n) is 1.66. The van der Waals surface area contributed by atoms with Gasteiger partial charge in [0.2, 0.25) is 0 Å². The molecule has 2 radical (unpaired) electrons. The zero-order chi connectivity index (χ0) is 16.1. The lowest BCUT2D eigenvalue weighted by atomic mass is 10.1. The molecule has 1 aliphatic rings. The van der Waals surface area contributed by atoms with Crippen molar-refractivity contribution in [3.05, 3.63) is 49.2 Å². The van der Waals surface area contributed by atoms with Crippen LogP contribution >= 0.6 is 0 Å². The minimum absolute atomic E-state index is 0.245. The summed E-state index contributed by atoms with van der Waals surface area (Å²) in [5.41, 5.74) is 2.44. The molecule has 1 aromatic carbocycles. The molecule has 0 bridgehead atoms. The molecule has 1 saturated heterocycles. The van der Waals surface area contributed by atoms with Gasteiger partial charge in [0.25, 0.3) is 0 Å². The lowest BCUT2D eigenvalue weighted by Gasteiger charge is -2.26. The number of carbonyl (C=O) groups is 1. The molecule has 0 aliphatic carbocycles. The first-order chi connectivity index (χ1) is 10.1. The molecule has 1 fully saturated rings. The van der Waals surface area contributed by atoms with Gasteiger partial charge in [-0.3, -0.25) is 9.69 Å². The highest BCUT2D eigenvalue weighted by molar-refractivity contribution is 5.65. The number of benzene rings is 1. The van der Waals surface area contributed by atoms with E-state index in [1.165, 1.54) is 19.6 Å². The van der Waals surface area contributed by atoms with Gasteiger partial charge in [-0.05, 0) is 18.1 Å². The number of rotatable bonds is 2. The number of morpholine rings is 1. The van der Waals surface area contributed by atoms with Crippen molar-refractivity contribution in [3.8, 4) is 0 Å². The van der Waals surface area contributed by atoms with Crippen molar-refractivity contribution in [3.63, 3.8) is 0 Å². The Kier molecular flexibility index (Phi) is 11.5. The molecule has 2 rings (SSSR count). The predicted molar refractivity (Wildman–Crippen MR) is 85.7 cm³/mol. The van der Waals surface area contributed by atoms with Crippen LogP contribution in [0.2, 0.25) is 0 Å². The van der Waals surface area contributed by atoms with E-state index < -0.39 is 0 Å². The normalized spacial score (nSPS) is 14.1. The Hall–Kier alpha value is -1.39. The van der Waals surface area contributed by atoms with E-state index in [2.05, 4.69) is 47.7 Å². The Balaban J connectivity index is 0.000000489. The lowest BCUT2D eigenvalue weighted by molar-refractivity contribution is -0.137. The molecular weight excluding hydrogens is 266 g/mol. The second kappa shape index (κ2) is 12.4. The van der Waals surface area contributed by atoms with E-state index in [4.69, 9.17) is 4.74 Å². The van der Waals surface area contributed by atoms with Crippen molar-refractivity contribution in [2.75, 3.05) is 33.4 Å². The molecule has 0 unspecified atom stereocenters. The largest absolute Gasteiger partial charge is 0.469 e. The molecule has 0 atom stereocenters. The summed E-state index contributed by atoms with van der Waals surface area (Å²) in [6.07, 6.45) is 0. The third-order valence-corrected chi connectivity index (χ3v) is 2.82. The van der Waals surface area contributed by atoms with Gasteiger partial charge in [-0.1, -0.05) is 38.1 Å². The Morgan fingerprint density at radius 3 is 2.14 bits per heavy atom. The maximum atomic E-state index is 9.59. The summed E-state index contributed by atoms with van der Waals surface area (Å²) in [7, 11) is 1.35. The number of nitrogens with zero attached hydrogens (tertiary/aromatic N) is 1. The average Bonchev–Trinajstić information content (AvgIpc) is 2.53. The minimum atomic E-state index is -0.245. The molecule has 1 aliphatic heterocycles. The summed E-state index contributed by atoms with van der Waals surface area (Å²) in [6.45, 7) is 15.1. The van der Waals surface area contributed by atoms with Crippen LogP contribution in [0.4, 0.5) is 0 Å². The van der Waals surface area contributed by atoms with Gasteiger partial charge < -0.3 is 9.47 Å². The Labute approximate surface area is 129 Å². The summed E-state index contributed by atoms with van der Waals surface area (Å²) in [4.78, 5) is 12.0. The topological polar surface area (TPSA) is 38.8 Å². The van der Waals surface area contributed by atoms with Crippen molar-refractivity contribution in [2.24, 2.45) is 0 Å². The van der Waals surface area contributed by atoms with E-state index in [0.717, 1.165) is 38.4 Å². The van der Waals surface area contributed by atoms with E-state index >= 15 is 0 Å². The highest BCUT2D eigenvalue weighted by atomic mass is 16.5. The Morgan fingerprint density at radius 1 is 1.24 bits per heavy atom. The zero-order valence-electron chi connectivity index (χ0n) is 13.4. The molecule has 4 heteroatoms. The van der Waals surface area contributed by atoms with Gasteiger partial charge in [0.1, 0.15) is 0 Å². The van der Waals surface area contributed by atoms with Gasteiger partial charge in [-0.15, -0.1) is 0 Å². The van der Waals surface area contributed by atoms with Gasteiger partial charge in [-0.2, -0.15) is 0 Å². The van der Waals surface area contributed by atoms with Gasteiger partial charge in [0, 0.05) is 26.6 Å². The first kappa shape index (κ1) is 19.6. The van der Waals surface area contributed by atoms with Gasteiger partial charge >= 0.3 is 5.97 Å². The zero-order valence-corrected chi connectivity index (χ0v) is 13.4. The maximum Gasteiger partial charge on any atom is 0.302 e. The number of esters is 1. The van der Waals surface area contributed by atoms with Crippen LogP contribution < -0.4 is 0 Å². The van der Waals surface area contributed by atoms with E-state index in [1.54, 1.807) is 6.92 Å². The fourth-order valence-corrected chi connectivity index (χ4v) is 1.66. The van der Waals surface area contributed by atoms with Gasteiger partial charge in [0.05, 0.1) is 20.3 Å². The molecule has 4 nitrogen and oxygen atoms in total. The molecule has 0 saturated carbocycles. The second-order valence-corrected chi connectivity index (χ2v) is 4.40. The summed E-state index contributed by atoms with van der Waals surface area (Å²) < 4.78 is 9.42. The monoisotopic (exact) mass is 293 g/mol. The first-order valence-corrected chi connectivity index (χ1v) is 7.08. The average molecular weight is 293 g/mol. The molecule has 0 N–H and O–H groups in total. The molecule has 0 amide bonds. The van der Waals surface area contributed by atoms with Crippen molar-refractivity contribution in [2.45, 2.75) is 20.4 Å². The van der Waals surface area contributed by atoms with Crippen LogP contribution in [0.3, 0.4) is 0 Å². The quantitative estimate of drug-likeness (QED) is 0.786. The van der Waals surface area contributed by atoms with Crippen molar-refractivity contribution < 1.29 is 14.3 Å². The summed E-state index contributed by atoms with van der Waals surface area (Å²) in [5, 5.41) is 0. The number of hydrogen-bond donors (Lipinski definition) is 0. The molecule has 1 heterocycles. The Bertz CT molecular complexity index is 370.